The lowest BCUT2D eigenvalue weighted by molar-refractivity contribution is 0.390. The van der Waals surface area contributed by atoms with Gasteiger partial charge in [0.05, 0.1) is 0 Å². The first-order valence-electron chi connectivity index (χ1n) is 6.92. The number of benzene rings is 1. The van der Waals surface area contributed by atoms with E-state index in [1.807, 2.05) is 6.07 Å². The van der Waals surface area contributed by atoms with Crippen LogP contribution in [0, 0.1) is 0 Å². The molecule has 1 fully saturated rings. The minimum Gasteiger partial charge on any atom is -0.508 e. The maximum Gasteiger partial charge on any atom is 0.120 e. The Bertz CT molecular complexity index is 408. The Morgan fingerprint density at radius 3 is 2.47 bits per heavy atom. The molecule has 0 radical (unpaired) electrons. The highest BCUT2D eigenvalue weighted by molar-refractivity contribution is 5.44. The molecule has 1 heterocycles. The van der Waals surface area contributed by atoms with Gasteiger partial charge in [-0.2, -0.15) is 0 Å². The van der Waals surface area contributed by atoms with Crippen LogP contribution in [0.25, 0.3) is 0 Å². The van der Waals surface area contributed by atoms with Gasteiger partial charge in [-0.25, -0.2) is 0 Å². The molecule has 1 aliphatic carbocycles. The molecule has 2 heteroatoms. The molecule has 3 rings (SSSR count). The summed E-state index contributed by atoms with van der Waals surface area (Å²) in [6.07, 6.45) is 8.60. The fourth-order valence-corrected chi connectivity index (χ4v) is 3.19. The lowest BCUT2D eigenvalue weighted by atomic mass is 9.87. The lowest BCUT2D eigenvalue weighted by Crippen LogP contribution is -2.27. The third-order valence-electron chi connectivity index (χ3n) is 4.18. The smallest absolute Gasteiger partial charge is 0.120 e. The molecule has 17 heavy (non-hydrogen) atoms. The van der Waals surface area contributed by atoms with Crippen molar-refractivity contribution >= 4 is 0 Å². The zero-order valence-corrected chi connectivity index (χ0v) is 10.3. The van der Waals surface area contributed by atoms with Crippen molar-refractivity contribution in [1.82, 2.24) is 5.32 Å². The minimum atomic E-state index is 0.371. The van der Waals surface area contributed by atoms with Gasteiger partial charge in [-0.15, -0.1) is 0 Å². The number of piperidine rings is 1. The standard InChI is InChI=1S/C15H21NO/c17-15-10-12-6-2-1-5-11(12)9-13(15)14-7-3-4-8-16-14/h9-10,14,16-17H,1-8H2. The van der Waals surface area contributed by atoms with Crippen LogP contribution in [0.1, 0.15) is 54.8 Å². The second-order valence-electron chi connectivity index (χ2n) is 5.39. The summed E-state index contributed by atoms with van der Waals surface area (Å²) in [5.74, 6) is 0.505. The molecule has 1 unspecified atom stereocenters. The number of aryl methyl sites for hydroxylation is 2. The van der Waals surface area contributed by atoms with Crippen LogP contribution in [0.3, 0.4) is 0 Å². The van der Waals surface area contributed by atoms with E-state index in [1.165, 1.54) is 43.2 Å². The van der Waals surface area contributed by atoms with Crippen LogP contribution in [0.2, 0.25) is 0 Å². The van der Waals surface area contributed by atoms with Crippen LogP contribution in [0.5, 0.6) is 5.75 Å². The number of fused-ring (bicyclic) bond motifs is 1. The van der Waals surface area contributed by atoms with Crippen molar-refractivity contribution in [2.24, 2.45) is 0 Å². The second kappa shape index (κ2) is 4.69. The summed E-state index contributed by atoms with van der Waals surface area (Å²) < 4.78 is 0. The Balaban J connectivity index is 1.93. The van der Waals surface area contributed by atoms with Crippen molar-refractivity contribution in [1.29, 1.82) is 0 Å². The maximum atomic E-state index is 10.2. The summed E-state index contributed by atoms with van der Waals surface area (Å²) in [5, 5.41) is 13.7. The van der Waals surface area contributed by atoms with Crippen molar-refractivity contribution in [2.75, 3.05) is 6.54 Å². The minimum absolute atomic E-state index is 0.371. The molecule has 92 valence electrons. The Morgan fingerprint density at radius 2 is 1.76 bits per heavy atom. The molecule has 2 nitrogen and oxygen atoms in total. The summed E-state index contributed by atoms with van der Waals surface area (Å²) in [6, 6.07) is 4.64. The van der Waals surface area contributed by atoms with Crippen LogP contribution < -0.4 is 5.32 Å². The van der Waals surface area contributed by atoms with Gasteiger partial charge in [0.1, 0.15) is 5.75 Å². The monoisotopic (exact) mass is 231 g/mol. The Labute approximate surface area is 103 Å². The summed E-state index contributed by atoms with van der Waals surface area (Å²) >= 11 is 0. The van der Waals surface area contributed by atoms with Gasteiger partial charge in [0.15, 0.2) is 0 Å². The molecule has 1 saturated heterocycles. The van der Waals surface area contributed by atoms with E-state index in [9.17, 15) is 5.11 Å². The average molecular weight is 231 g/mol. The third kappa shape index (κ3) is 2.19. The molecule has 2 N–H and O–H groups in total. The summed E-state index contributed by atoms with van der Waals surface area (Å²) in [4.78, 5) is 0. The molecular weight excluding hydrogens is 210 g/mol. The lowest BCUT2D eigenvalue weighted by Gasteiger charge is -2.26. The number of hydrogen-bond acceptors (Lipinski definition) is 2. The fraction of sp³-hybridized carbons (Fsp3) is 0.600. The number of nitrogens with one attached hydrogen (secondary N) is 1. The van der Waals surface area contributed by atoms with E-state index in [-0.39, 0.29) is 0 Å². The van der Waals surface area contributed by atoms with Crippen LogP contribution in [-0.4, -0.2) is 11.7 Å². The Hall–Kier alpha value is -1.02. The van der Waals surface area contributed by atoms with Crippen molar-refractivity contribution in [3.63, 3.8) is 0 Å². The quantitative estimate of drug-likeness (QED) is 0.778. The van der Waals surface area contributed by atoms with Crippen LogP contribution in [0.4, 0.5) is 0 Å². The molecule has 1 atom stereocenters. The number of phenols is 1. The zero-order valence-electron chi connectivity index (χ0n) is 10.3. The van der Waals surface area contributed by atoms with Gasteiger partial charge in [-0.1, -0.05) is 12.5 Å². The predicted molar refractivity (Wildman–Crippen MR) is 69.3 cm³/mol. The van der Waals surface area contributed by atoms with E-state index in [2.05, 4.69) is 11.4 Å². The van der Waals surface area contributed by atoms with Gasteiger partial charge >= 0.3 is 0 Å². The molecule has 1 aliphatic heterocycles. The van der Waals surface area contributed by atoms with Crippen molar-refractivity contribution < 1.29 is 5.11 Å². The second-order valence-corrected chi connectivity index (χ2v) is 5.39. The normalized spacial score (nSPS) is 24.4. The first-order valence-corrected chi connectivity index (χ1v) is 6.92. The highest BCUT2D eigenvalue weighted by Crippen LogP contribution is 2.34. The van der Waals surface area contributed by atoms with Gasteiger partial charge in [0.25, 0.3) is 0 Å². The predicted octanol–water partition coefficient (Wildman–Crippen LogP) is 3.09. The Morgan fingerprint density at radius 1 is 1.00 bits per heavy atom. The molecule has 0 spiro atoms. The summed E-state index contributed by atoms with van der Waals surface area (Å²) in [6.45, 7) is 1.08. The van der Waals surface area contributed by atoms with Crippen molar-refractivity contribution in [3.8, 4) is 5.75 Å². The van der Waals surface area contributed by atoms with Crippen molar-refractivity contribution in [2.45, 2.75) is 51.0 Å². The highest BCUT2D eigenvalue weighted by Gasteiger charge is 2.20. The maximum absolute atomic E-state index is 10.2. The van der Waals surface area contributed by atoms with Crippen LogP contribution in [0.15, 0.2) is 12.1 Å². The molecule has 1 aromatic carbocycles. The number of hydrogen-bond donors (Lipinski definition) is 2. The van der Waals surface area contributed by atoms with Crippen LogP contribution >= 0.6 is 0 Å². The van der Waals surface area contributed by atoms with Gasteiger partial charge in [0.2, 0.25) is 0 Å². The van der Waals surface area contributed by atoms with E-state index < -0.39 is 0 Å². The van der Waals surface area contributed by atoms with Gasteiger partial charge in [0, 0.05) is 11.6 Å². The Kier molecular flexibility index (Phi) is 3.06. The zero-order chi connectivity index (χ0) is 11.7. The topological polar surface area (TPSA) is 32.3 Å². The SMILES string of the molecule is Oc1cc2c(cc1C1CCCCN1)CCCC2. The largest absolute Gasteiger partial charge is 0.508 e. The molecule has 0 saturated carbocycles. The molecule has 0 bridgehead atoms. The van der Waals surface area contributed by atoms with E-state index in [1.54, 1.807) is 0 Å². The molecule has 0 amide bonds. The van der Waals surface area contributed by atoms with Gasteiger partial charge in [-0.3, -0.25) is 0 Å². The van der Waals surface area contributed by atoms with E-state index in [4.69, 9.17) is 0 Å². The molecular formula is C15H21NO. The highest BCUT2D eigenvalue weighted by atomic mass is 16.3. The third-order valence-corrected chi connectivity index (χ3v) is 4.18. The number of aromatic hydroxyl groups is 1. The average Bonchev–Trinajstić information content (AvgIpc) is 2.39. The fourth-order valence-electron chi connectivity index (χ4n) is 3.19. The van der Waals surface area contributed by atoms with Crippen LogP contribution in [-0.2, 0) is 12.8 Å². The molecule has 1 aromatic rings. The molecule has 2 aliphatic rings. The van der Waals surface area contributed by atoms with E-state index in [0.29, 0.717) is 11.8 Å². The van der Waals surface area contributed by atoms with Crippen molar-refractivity contribution in [3.05, 3.63) is 28.8 Å². The van der Waals surface area contributed by atoms with Gasteiger partial charge in [-0.05, 0) is 62.3 Å². The number of rotatable bonds is 1. The van der Waals surface area contributed by atoms with Gasteiger partial charge < -0.3 is 10.4 Å². The first-order chi connectivity index (χ1) is 8.34. The number of phenolic OH excluding ortho intramolecular Hbond substituents is 1. The summed E-state index contributed by atoms with van der Waals surface area (Å²) in [5.41, 5.74) is 3.97. The first kappa shape index (κ1) is 11.1. The van der Waals surface area contributed by atoms with E-state index >= 15 is 0 Å². The van der Waals surface area contributed by atoms with E-state index in [0.717, 1.165) is 24.9 Å². The summed E-state index contributed by atoms with van der Waals surface area (Å²) in [7, 11) is 0. The molecule has 0 aromatic heterocycles.